The van der Waals surface area contributed by atoms with Gasteiger partial charge in [0.25, 0.3) is 0 Å². The van der Waals surface area contributed by atoms with Crippen molar-refractivity contribution in [2.75, 3.05) is 10.6 Å². The molecular formula is C29H28N4S2. The van der Waals surface area contributed by atoms with Crippen LogP contribution in [-0.4, -0.2) is 10.2 Å². The van der Waals surface area contributed by atoms with E-state index in [0.29, 0.717) is 23.3 Å². The average molecular weight is 497 g/mol. The van der Waals surface area contributed by atoms with Crippen molar-refractivity contribution in [3.05, 3.63) is 131 Å². The van der Waals surface area contributed by atoms with Crippen molar-refractivity contribution in [1.29, 1.82) is 0 Å². The summed E-state index contributed by atoms with van der Waals surface area (Å²) < 4.78 is 0. The van der Waals surface area contributed by atoms with Gasteiger partial charge in [0.05, 0.1) is 0 Å². The summed E-state index contributed by atoms with van der Waals surface area (Å²) in [4.78, 5) is 0. The van der Waals surface area contributed by atoms with Crippen molar-refractivity contribution >= 4 is 46.0 Å². The molecule has 0 saturated carbocycles. The van der Waals surface area contributed by atoms with E-state index in [1.54, 1.807) is 0 Å². The first-order valence-electron chi connectivity index (χ1n) is 11.5. The maximum atomic E-state index is 5.41. The molecule has 4 aromatic rings. The predicted octanol–water partition coefficient (Wildman–Crippen LogP) is 6.25. The molecule has 4 rings (SSSR count). The van der Waals surface area contributed by atoms with Gasteiger partial charge in [0.1, 0.15) is 0 Å². The molecule has 0 aliphatic rings. The zero-order valence-electron chi connectivity index (χ0n) is 19.3. The number of hydrogen-bond donors (Lipinski definition) is 4. The van der Waals surface area contributed by atoms with E-state index < -0.39 is 0 Å². The second kappa shape index (κ2) is 12.6. The van der Waals surface area contributed by atoms with Gasteiger partial charge in [-0.2, -0.15) is 0 Å². The van der Waals surface area contributed by atoms with Gasteiger partial charge in [0.15, 0.2) is 10.2 Å². The van der Waals surface area contributed by atoms with Crippen LogP contribution < -0.4 is 21.3 Å². The second-order valence-corrected chi connectivity index (χ2v) is 8.97. The van der Waals surface area contributed by atoms with Gasteiger partial charge in [-0.05, 0) is 77.4 Å². The van der Waals surface area contributed by atoms with Gasteiger partial charge in [-0.3, -0.25) is 0 Å². The normalized spacial score (nSPS) is 10.3. The molecule has 0 radical (unpaired) electrons. The summed E-state index contributed by atoms with van der Waals surface area (Å²) in [6.45, 7) is 1.40. The Morgan fingerprint density at radius 1 is 0.457 bits per heavy atom. The fourth-order valence-corrected chi connectivity index (χ4v) is 3.93. The molecule has 4 N–H and O–H groups in total. The third-order valence-electron chi connectivity index (χ3n) is 5.42. The molecule has 4 aromatic carbocycles. The van der Waals surface area contributed by atoms with Crippen LogP contribution in [0.5, 0.6) is 0 Å². The largest absolute Gasteiger partial charge is 0.358 e. The third-order valence-corrected chi connectivity index (χ3v) is 5.92. The lowest BCUT2D eigenvalue weighted by Gasteiger charge is -2.12. The van der Waals surface area contributed by atoms with Crippen LogP contribution in [0.25, 0.3) is 0 Å². The molecule has 0 spiro atoms. The first kappa shape index (κ1) is 24.4. The zero-order valence-corrected chi connectivity index (χ0v) is 21.0. The Kier molecular flexibility index (Phi) is 8.81. The SMILES string of the molecule is S=C(NCc1ccccc1)Nc1ccc(Cc2ccc(NC(=S)NCc3ccccc3)cc2)cc1. The molecule has 0 saturated heterocycles. The lowest BCUT2D eigenvalue weighted by molar-refractivity contribution is 0.926. The molecule has 0 bridgehead atoms. The number of thiocarbonyl (C=S) groups is 2. The molecule has 35 heavy (non-hydrogen) atoms. The Labute approximate surface area is 217 Å². The van der Waals surface area contributed by atoms with E-state index in [-0.39, 0.29) is 0 Å². The van der Waals surface area contributed by atoms with Crippen molar-refractivity contribution in [2.45, 2.75) is 19.5 Å². The molecule has 0 atom stereocenters. The molecule has 0 aliphatic heterocycles. The summed E-state index contributed by atoms with van der Waals surface area (Å²) in [7, 11) is 0. The molecule has 6 heteroatoms. The van der Waals surface area contributed by atoms with E-state index in [2.05, 4.69) is 94.1 Å². The topological polar surface area (TPSA) is 48.1 Å². The summed E-state index contributed by atoms with van der Waals surface area (Å²) in [5.41, 5.74) is 6.79. The predicted molar refractivity (Wildman–Crippen MR) is 155 cm³/mol. The number of benzene rings is 4. The Balaban J connectivity index is 1.21. The summed E-state index contributed by atoms with van der Waals surface area (Å²) in [5.74, 6) is 0. The highest BCUT2D eigenvalue weighted by Crippen LogP contribution is 2.16. The Bertz CT molecular complexity index is 1130. The first-order valence-corrected chi connectivity index (χ1v) is 12.3. The minimum Gasteiger partial charge on any atom is -0.358 e. The van der Waals surface area contributed by atoms with E-state index in [1.165, 1.54) is 22.3 Å². The van der Waals surface area contributed by atoms with Gasteiger partial charge in [0, 0.05) is 24.5 Å². The quantitative estimate of drug-likeness (QED) is 0.216. The van der Waals surface area contributed by atoms with Crippen molar-refractivity contribution in [1.82, 2.24) is 10.6 Å². The number of hydrogen-bond acceptors (Lipinski definition) is 2. The minimum absolute atomic E-state index is 0.612. The second-order valence-electron chi connectivity index (χ2n) is 8.16. The molecular weight excluding hydrogens is 468 g/mol. The minimum atomic E-state index is 0.612. The van der Waals surface area contributed by atoms with Gasteiger partial charge >= 0.3 is 0 Å². The summed E-state index contributed by atoms with van der Waals surface area (Å²) in [6.07, 6.45) is 0.855. The Morgan fingerprint density at radius 3 is 1.20 bits per heavy atom. The Morgan fingerprint density at radius 2 is 0.829 bits per heavy atom. The maximum Gasteiger partial charge on any atom is 0.171 e. The van der Waals surface area contributed by atoms with Crippen LogP contribution in [0.3, 0.4) is 0 Å². The van der Waals surface area contributed by atoms with Crippen LogP contribution in [0.1, 0.15) is 22.3 Å². The van der Waals surface area contributed by atoms with Crippen LogP contribution in [0.15, 0.2) is 109 Å². The van der Waals surface area contributed by atoms with Crippen LogP contribution in [-0.2, 0) is 19.5 Å². The standard InChI is InChI=1S/C29H28N4S2/c34-28(30-20-24-7-3-1-4-8-24)32-26-15-11-22(12-16-26)19-23-13-17-27(18-14-23)33-29(35)31-21-25-9-5-2-6-10-25/h1-18H,19-21H2,(H2,30,32,34)(H2,31,33,35). The van der Waals surface area contributed by atoms with Gasteiger partial charge in [0.2, 0.25) is 0 Å². The smallest absolute Gasteiger partial charge is 0.171 e. The fourth-order valence-electron chi connectivity index (χ4n) is 3.55. The summed E-state index contributed by atoms with van der Waals surface area (Å²) in [6, 6.07) is 37.1. The number of rotatable bonds is 8. The van der Waals surface area contributed by atoms with Gasteiger partial charge in [-0.25, -0.2) is 0 Å². The van der Waals surface area contributed by atoms with Crippen molar-refractivity contribution < 1.29 is 0 Å². The van der Waals surface area contributed by atoms with Crippen LogP contribution in [0, 0.1) is 0 Å². The molecule has 0 aliphatic carbocycles. The van der Waals surface area contributed by atoms with Crippen LogP contribution in [0.2, 0.25) is 0 Å². The van der Waals surface area contributed by atoms with Gasteiger partial charge in [-0.1, -0.05) is 84.9 Å². The monoisotopic (exact) mass is 496 g/mol. The van der Waals surface area contributed by atoms with E-state index in [4.69, 9.17) is 24.4 Å². The van der Waals surface area contributed by atoms with Gasteiger partial charge < -0.3 is 21.3 Å². The lowest BCUT2D eigenvalue weighted by atomic mass is 10.0. The molecule has 0 amide bonds. The maximum absolute atomic E-state index is 5.41. The molecule has 4 nitrogen and oxygen atoms in total. The van der Waals surface area contributed by atoms with Crippen molar-refractivity contribution in [2.24, 2.45) is 0 Å². The third kappa shape index (κ3) is 8.21. The van der Waals surface area contributed by atoms with Crippen LogP contribution >= 0.6 is 24.4 Å². The van der Waals surface area contributed by atoms with E-state index in [9.17, 15) is 0 Å². The molecule has 0 aromatic heterocycles. The number of anilines is 2. The Hall–Kier alpha value is -3.74. The zero-order chi connectivity index (χ0) is 24.3. The van der Waals surface area contributed by atoms with E-state index in [0.717, 1.165) is 17.8 Å². The first-order chi connectivity index (χ1) is 17.1. The summed E-state index contributed by atoms with van der Waals surface area (Å²) >= 11 is 10.8. The van der Waals surface area contributed by atoms with E-state index >= 15 is 0 Å². The lowest BCUT2D eigenvalue weighted by Crippen LogP contribution is -2.27. The summed E-state index contributed by atoms with van der Waals surface area (Å²) in [5, 5.41) is 14.2. The van der Waals surface area contributed by atoms with Crippen molar-refractivity contribution in [3.63, 3.8) is 0 Å². The highest BCUT2D eigenvalue weighted by molar-refractivity contribution is 7.80. The van der Waals surface area contributed by atoms with E-state index in [1.807, 2.05) is 36.4 Å². The fraction of sp³-hybridized carbons (Fsp3) is 0.103. The average Bonchev–Trinajstić information content (AvgIpc) is 2.90. The molecule has 0 unspecified atom stereocenters. The van der Waals surface area contributed by atoms with Crippen LogP contribution in [0.4, 0.5) is 11.4 Å². The highest BCUT2D eigenvalue weighted by Gasteiger charge is 2.02. The van der Waals surface area contributed by atoms with Gasteiger partial charge in [-0.15, -0.1) is 0 Å². The van der Waals surface area contributed by atoms with Crippen molar-refractivity contribution in [3.8, 4) is 0 Å². The molecule has 0 heterocycles. The number of nitrogens with one attached hydrogen (secondary N) is 4. The molecule has 176 valence electrons. The molecule has 0 fully saturated rings. The highest BCUT2D eigenvalue weighted by atomic mass is 32.1.